The fourth-order valence-corrected chi connectivity index (χ4v) is 3.80. The van der Waals surface area contributed by atoms with Gasteiger partial charge in [0.1, 0.15) is 0 Å². The minimum Gasteiger partial charge on any atom is -0.419 e. The van der Waals surface area contributed by atoms with E-state index in [1.807, 2.05) is 16.8 Å². The van der Waals surface area contributed by atoms with Gasteiger partial charge in [-0.05, 0) is 48.9 Å². The van der Waals surface area contributed by atoms with Crippen molar-refractivity contribution in [1.29, 1.82) is 0 Å². The molecule has 5 heteroatoms. The van der Waals surface area contributed by atoms with Gasteiger partial charge >= 0.3 is 0 Å². The van der Waals surface area contributed by atoms with Crippen molar-refractivity contribution in [2.45, 2.75) is 32.4 Å². The molecule has 0 aliphatic carbocycles. The lowest BCUT2D eigenvalue weighted by Crippen LogP contribution is -2.23. The molecule has 0 saturated carbocycles. The summed E-state index contributed by atoms with van der Waals surface area (Å²) in [6.07, 6.45) is 2.25. The van der Waals surface area contributed by atoms with Gasteiger partial charge in [0.25, 0.3) is 0 Å². The minimum absolute atomic E-state index is 0.231. The van der Waals surface area contributed by atoms with E-state index in [-0.39, 0.29) is 6.04 Å². The summed E-state index contributed by atoms with van der Waals surface area (Å²) in [7, 11) is 0. The molecule has 3 heterocycles. The van der Waals surface area contributed by atoms with Crippen LogP contribution < -0.4 is 0 Å². The maximum absolute atomic E-state index is 5.95. The molecule has 0 unspecified atom stereocenters. The average molecular weight is 325 g/mol. The van der Waals surface area contributed by atoms with Crippen LogP contribution in [-0.4, -0.2) is 21.6 Å². The average Bonchev–Trinajstić information content (AvgIpc) is 3.30. The van der Waals surface area contributed by atoms with Crippen molar-refractivity contribution in [3.63, 3.8) is 0 Å². The molecule has 0 amide bonds. The Labute approximate surface area is 139 Å². The van der Waals surface area contributed by atoms with E-state index in [1.165, 1.54) is 17.5 Å². The highest BCUT2D eigenvalue weighted by Gasteiger charge is 2.30. The summed E-state index contributed by atoms with van der Waals surface area (Å²) in [5.74, 6) is 1.38. The van der Waals surface area contributed by atoms with Crippen LogP contribution in [0.15, 0.2) is 45.5 Å². The second-order valence-electron chi connectivity index (χ2n) is 6.01. The molecule has 0 radical (unpaired) electrons. The van der Waals surface area contributed by atoms with Gasteiger partial charge in [0, 0.05) is 17.5 Å². The van der Waals surface area contributed by atoms with Gasteiger partial charge in [-0.15, -0.1) is 10.2 Å². The normalized spacial score (nSPS) is 18.6. The van der Waals surface area contributed by atoms with E-state index in [0.29, 0.717) is 5.89 Å². The molecule has 118 valence electrons. The van der Waals surface area contributed by atoms with E-state index in [2.05, 4.69) is 46.3 Å². The number of aryl methyl sites for hydroxylation is 1. The fraction of sp³-hybridized carbons (Fsp3) is 0.333. The number of hydrogen-bond acceptors (Lipinski definition) is 5. The van der Waals surface area contributed by atoms with Crippen molar-refractivity contribution in [2.75, 3.05) is 6.54 Å². The van der Waals surface area contributed by atoms with E-state index in [9.17, 15) is 0 Å². The molecule has 1 atom stereocenters. The molecule has 4 rings (SSSR count). The van der Waals surface area contributed by atoms with E-state index >= 15 is 0 Å². The lowest BCUT2D eigenvalue weighted by atomic mass is 10.1. The van der Waals surface area contributed by atoms with Gasteiger partial charge in [0.05, 0.1) is 6.04 Å². The number of aromatic nitrogens is 2. The third-order valence-electron chi connectivity index (χ3n) is 4.49. The Morgan fingerprint density at radius 3 is 3.00 bits per heavy atom. The number of likely N-dealkylation sites (tertiary alicyclic amines) is 1. The first-order chi connectivity index (χ1) is 11.3. The molecule has 1 aromatic carbocycles. The maximum Gasteiger partial charge on any atom is 0.248 e. The third-order valence-corrected chi connectivity index (χ3v) is 5.18. The van der Waals surface area contributed by atoms with Crippen LogP contribution in [0, 0.1) is 6.92 Å². The van der Waals surface area contributed by atoms with Gasteiger partial charge in [-0.1, -0.05) is 24.3 Å². The molecular formula is C18H19N3OS. The number of rotatable bonds is 4. The molecule has 23 heavy (non-hydrogen) atoms. The minimum atomic E-state index is 0.231. The number of hydrogen-bond donors (Lipinski definition) is 0. The third kappa shape index (κ3) is 2.94. The number of benzene rings is 1. The largest absolute Gasteiger partial charge is 0.419 e. The predicted molar refractivity (Wildman–Crippen MR) is 91.2 cm³/mol. The highest BCUT2D eigenvalue weighted by molar-refractivity contribution is 7.08. The van der Waals surface area contributed by atoms with Crippen LogP contribution >= 0.6 is 11.3 Å². The van der Waals surface area contributed by atoms with Gasteiger partial charge in [0.15, 0.2) is 0 Å². The lowest BCUT2D eigenvalue weighted by Gasteiger charge is -2.22. The Bertz CT molecular complexity index is 781. The quantitative estimate of drug-likeness (QED) is 0.711. The summed E-state index contributed by atoms with van der Waals surface area (Å²) in [4.78, 5) is 2.45. The lowest BCUT2D eigenvalue weighted by molar-refractivity contribution is 0.215. The van der Waals surface area contributed by atoms with Crippen LogP contribution in [0.1, 0.15) is 35.9 Å². The van der Waals surface area contributed by atoms with E-state index in [0.717, 1.165) is 31.0 Å². The molecule has 2 aromatic heterocycles. The van der Waals surface area contributed by atoms with Crippen molar-refractivity contribution in [3.05, 3.63) is 58.1 Å². The van der Waals surface area contributed by atoms with Gasteiger partial charge in [-0.2, -0.15) is 11.3 Å². The Kier molecular flexibility index (Phi) is 3.97. The molecule has 0 N–H and O–H groups in total. The molecule has 0 bridgehead atoms. The smallest absolute Gasteiger partial charge is 0.248 e. The zero-order valence-electron chi connectivity index (χ0n) is 13.1. The molecule has 1 saturated heterocycles. The van der Waals surface area contributed by atoms with Crippen LogP contribution in [0.2, 0.25) is 0 Å². The van der Waals surface area contributed by atoms with Crippen molar-refractivity contribution >= 4 is 11.3 Å². The van der Waals surface area contributed by atoms with Crippen molar-refractivity contribution in [1.82, 2.24) is 15.1 Å². The molecule has 3 aromatic rings. The Balaban J connectivity index is 1.55. The molecule has 1 aliphatic heterocycles. The summed E-state index contributed by atoms with van der Waals surface area (Å²) >= 11 is 1.64. The maximum atomic E-state index is 5.95. The number of thiophene rings is 1. The Morgan fingerprint density at radius 2 is 2.17 bits per heavy atom. The van der Waals surface area contributed by atoms with Gasteiger partial charge in [-0.25, -0.2) is 0 Å². The summed E-state index contributed by atoms with van der Waals surface area (Å²) in [5, 5.41) is 12.6. The monoisotopic (exact) mass is 325 g/mol. The van der Waals surface area contributed by atoms with Gasteiger partial charge < -0.3 is 4.42 Å². The predicted octanol–water partition coefficient (Wildman–Crippen LogP) is 4.44. The first-order valence-electron chi connectivity index (χ1n) is 7.96. The van der Waals surface area contributed by atoms with Crippen LogP contribution in [-0.2, 0) is 6.54 Å². The summed E-state index contributed by atoms with van der Waals surface area (Å²) in [5.41, 5.74) is 3.72. The first-order valence-corrected chi connectivity index (χ1v) is 8.90. The zero-order chi connectivity index (χ0) is 15.6. The van der Waals surface area contributed by atoms with Gasteiger partial charge in [-0.3, -0.25) is 4.90 Å². The van der Waals surface area contributed by atoms with Gasteiger partial charge in [0.2, 0.25) is 11.8 Å². The highest BCUT2D eigenvalue weighted by Crippen LogP contribution is 2.34. The SMILES string of the molecule is Cc1ccccc1CN1CCC[C@@H]1c1nnc(-c2ccsc2)o1. The van der Waals surface area contributed by atoms with Crippen LogP contribution in [0.5, 0.6) is 0 Å². The zero-order valence-corrected chi connectivity index (χ0v) is 13.9. The van der Waals surface area contributed by atoms with E-state index in [4.69, 9.17) is 4.42 Å². The molecular weight excluding hydrogens is 306 g/mol. The summed E-state index contributed by atoms with van der Waals surface area (Å²) in [6, 6.07) is 10.8. The molecule has 1 aliphatic rings. The van der Waals surface area contributed by atoms with Crippen molar-refractivity contribution in [2.24, 2.45) is 0 Å². The standard InChI is InChI=1S/C18H19N3OS/c1-13-5-2-3-6-14(13)11-21-9-4-7-16(21)18-20-19-17(22-18)15-8-10-23-12-15/h2-3,5-6,8,10,12,16H,4,7,9,11H2,1H3/t16-/m1/s1. The Hall–Kier alpha value is -1.98. The van der Waals surface area contributed by atoms with Crippen molar-refractivity contribution in [3.8, 4) is 11.5 Å². The summed E-state index contributed by atoms with van der Waals surface area (Å²) in [6.45, 7) is 4.18. The van der Waals surface area contributed by atoms with E-state index in [1.54, 1.807) is 11.3 Å². The highest BCUT2D eigenvalue weighted by atomic mass is 32.1. The molecule has 4 nitrogen and oxygen atoms in total. The molecule has 1 fully saturated rings. The van der Waals surface area contributed by atoms with Crippen LogP contribution in [0.4, 0.5) is 0 Å². The molecule has 0 spiro atoms. The van der Waals surface area contributed by atoms with Crippen LogP contribution in [0.3, 0.4) is 0 Å². The fourth-order valence-electron chi connectivity index (χ4n) is 3.17. The topological polar surface area (TPSA) is 42.2 Å². The second kappa shape index (κ2) is 6.26. The van der Waals surface area contributed by atoms with Crippen LogP contribution in [0.25, 0.3) is 11.5 Å². The second-order valence-corrected chi connectivity index (χ2v) is 6.79. The Morgan fingerprint density at radius 1 is 1.26 bits per heavy atom. The summed E-state index contributed by atoms with van der Waals surface area (Å²) < 4.78 is 5.95. The number of nitrogens with zero attached hydrogens (tertiary/aromatic N) is 3. The first kappa shape index (κ1) is 14.6. The van der Waals surface area contributed by atoms with Crippen molar-refractivity contribution < 1.29 is 4.42 Å². The van der Waals surface area contributed by atoms with E-state index < -0.39 is 0 Å².